The van der Waals surface area contributed by atoms with Gasteiger partial charge in [0.2, 0.25) is 10.0 Å². The van der Waals surface area contributed by atoms with Gasteiger partial charge in [-0.1, -0.05) is 0 Å². The number of phenols is 1. The molecule has 1 aromatic heterocycles. The number of benzene rings is 1. The molecule has 1 atom stereocenters. The van der Waals surface area contributed by atoms with Gasteiger partial charge in [-0.15, -0.1) is 0 Å². The fourth-order valence-corrected chi connectivity index (χ4v) is 2.70. The average molecular weight is 267 g/mol. The van der Waals surface area contributed by atoms with Gasteiger partial charge in [-0.25, -0.2) is 18.1 Å². The Hall–Kier alpha value is -1.86. The lowest BCUT2D eigenvalue weighted by Gasteiger charge is -2.12. The zero-order valence-corrected chi connectivity index (χ0v) is 10.5. The van der Waals surface area contributed by atoms with Gasteiger partial charge in [0.1, 0.15) is 11.6 Å². The summed E-state index contributed by atoms with van der Waals surface area (Å²) in [6.07, 6.45) is 3.18. The summed E-state index contributed by atoms with van der Waals surface area (Å²) in [6, 6.07) is 4.87. The van der Waals surface area contributed by atoms with Gasteiger partial charge in [-0.2, -0.15) is 0 Å². The highest BCUT2D eigenvalue weighted by Gasteiger charge is 2.19. The van der Waals surface area contributed by atoms with Crippen LogP contribution in [0.1, 0.15) is 18.8 Å². The molecule has 6 nitrogen and oxygen atoms in total. The SMILES string of the molecule is CC(NS(=O)(=O)c1ccc(O)cc1)c1ncc[nH]1. The van der Waals surface area contributed by atoms with Crippen LogP contribution in [0.5, 0.6) is 5.75 Å². The molecule has 0 aliphatic carbocycles. The number of aromatic nitrogens is 2. The van der Waals surface area contributed by atoms with Crippen LogP contribution in [-0.4, -0.2) is 23.5 Å². The summed E-state index contributed by atoms with van der Waals surface area (Å²) < 4.78 is 26.5. The summed E-state index contributed by atoms with van der Waals surface area (Å²) >= 11 is 0. The number of nitrogens with zero attached hydrogens (tertiary/aromatic N) is 1. The zero-order valence-electron chi connectivity index (χ0n) is 9.66. The number of imidazole rings is 1. The molecule has 18 heavy (non-hydrogen) atoms. The summed E-state index contributed by atoms with van der Waals surface area (Å²) in [6.45, 7) is 1.69. The molecule has 0 aliphatic rings. The first kappa shape index (κ1) is 12.6. The quantitative estimate of drug-likeness (QED) is 0.774. The molecule has 1 heterocycles. The van der Waals surface area contributed by atoms with Crippen molar-refractivity contribution in [1.82, 2.24) is 14.7 Å². The first-order valence-corrected chi connectivity index (χ1v) is 6.78. The van der Waals surface area contributed by atoms with Crippen LogP contribution in [0.15, 0.2) is 41.6 Å². The average Bonchev–Trinajstić information content (AvgIpc) is 2.82. The number of hydrogen-bond acceptors (Lipinski definition) is 4. The fourth-order valence-electron chi connectivity index (χ4n) is 1.50. The van der Waals surface area contributed by atoms with Crippen LogP contribution < -0.4 is 4.72 Å². The predicted octanol–water partition coefficient (Wildman–Crippen LogP) is 1.15. The molecule has 0 spiro atoms. The molecule has 0 saturated carbocycles. The lowest BCUT2D eigenvalue weighted by Crippen LogP contribution is -2.27. The largest absolute Gasteiger partial charge is 0.508 e. The van der Waals surface area contributed by atoms with Gasteiger partial charge in [-0.05, 0) is 31.2 Å². The third kappa shape index (κ3) is 2.69. The summed E-state index contributed by atoms with van der Waals surface area (Å²) in [5.41, 5.74) is 0. The molecule has 2 aromatic rings. The van der Waals surface area contributed by atoms with E-state index >= 15 is 0 Å². The van der Waals surface area contributed by atoms with Crippen molar-refractivity contribution in [3.05, 3.63) is 42.5 Å². The third-order valence-corrected chi connectivity index (χ3v) is 3.97. The standard InChI is InChI=1S/C11H13N3O3S/c1-8(11-12-6-7-13-11)14-18(16,17)10-4-2-9(15)3-5-10/h2-8,14-15H,1H3,(H,12,13). The number of rotatable bonds is 4. The first-order chi connectivity index (χ1) is 8.49. The van der Waals surface area contributed by atoms with Crippen molar-refractivity contribution in [1.29, 1.82) is 0 Å². The Morgan fingerprint density at radius 1 is 1.33 bits per heavy atom. The molecule has 0 saturated heterocycles. The Balaban J connectivity index is 2.20. The Morgan fingerprint density at radius 2 is 2.00 bits per heavy atom. The monoisotopic (exact) mass is 267 g/mol. The van der Waals surface area contributed by atoms with E-state index in [9.17, 15) is 8.42 Å². The molecule has 1 aromatic carbocycles. The third-order valence-electron chi connectivity index (χ3n) is 2.41. The number of H-pyrrole nitrogens is 1. The highest BCUT2D eigenvalue weighted by molar-refractivity contribution is 7.89. The molecule has 3 N–H and O–H groups in total. The highest BCUT2D eigenvalue weighted by Crippen LogP contribution is 2.16. The smallest absolute Gasteiger partial charge is 0.241 e. The van der Waals surface area contributed by atoms with Crippen LogP contribution in [0.2, 0.25) is 0 Å². The Bertz CT molecular complexity index is 605. The molecular formula is C11H13N3O3S. The minimum absolute atomic E-state index is 0.0213. The number of nitrogens with one attached hydrogen (secondary N) is 2. The predicted molar refractivity (Wildman–Crippen MR) is 65.4 cm³/mol. The van der Waals surface area contributed by atoms with Crippen molar-refractivity contribution in [3.63, 3.8) is 0 Å². The van der Waals surface area contributed by atoms with Crippen LogP contribution >= 0.6 is 0 Å². The lowest BCUT2D eigenvalue weighted by atomic mass is 10.3. The summed E-state index contributed by atoms with van der Waals surface area (Å²) in [4.78, 5) is 6.92. The molecule has 0 radical (unpaired) electrons. The molecule has 2 rings (SSSR count). The highest BCUT2D eigenvalue weighted by atomic mass is 32.2. The lowest BCUT2D eigenvalue weighted by molar-refractivity contribution is 0.474. The van der Waals surface area contributed by atoms with E-state index in [0.717, 1.165) is 0 Å². The van der Waals surface area contributed by atoms with Gasteiger partial charge in [-0.3, -0.25) is 0 Å². The van der Waals surface area contributed by atoms with Crippen molar-refractivity contribution >= 4 is 10.0 Å². The number of sulfonamides is 1. The topological polar surface area (TPSA) is 95.1 Å². The van der Waals surface area contributed by atoms with E-state index in [4.69, 9.17) is 5.11 Å². The number of aromatic amines is 1. The summed E-state index contributed by atoms with van der Waals surface area (Å²) in [5.74, 6) is 0.561. The number of aromatic hydroxyl groups is 1. The van der Waals surface area contributed by atoms with Gasteiger partial charge in [0.25, 0.3) is 0 Å². The van der Waals surface area contributed by atoms with Crippen LogP contribution in [0.3, 0.4) is 0 Å². The second-order valence-electron chi connectivity index (χ2n) is 3.81. The van der Waals surface area contributed by atoms with Crippen LogP contribution in [0.25, 0.3) is 0 Å². The van der Waals surface area contributed by atoms with E-state index in [1.807, 2.05) is 0 Å². The zero-order chi connectivity index (χ0) is 13.2. The van der Waals surface area contributed by atoms with Crippen LogP contribution in [-0.2, 0) is 10.0 Å². The number of phenolic OH excluding ortho intramolecular Hbond substituents is 1. The Labute approximate surface area is 105 Å². The minimum Gasteiger partial charge on any atom is -0.508 e. The minimum atomic E-state index is -3.62. The molecule has 1 unspecified atom stereocenters. The first-order valence-electron chi connectivity index (χ1n) is 5.30. The van der Waals surface area contributed by atoms with Gasteiger partial charge in [0, 0.05) is 12.4 Å². The van der Waals surface area contributed by atoms with Crippen molar-refractivity contribution in [3.8, 4) is 5.75 Å². The normalized spacial score (nSPS) is 13.4. The van der Waals surface area contributed by atoms with E-state index in [1.165, 1.54) is 24.3 Å². The van der Waals surface area contributed by atoms with Gasteiger partial charge in [0.15, 0.2) is 0 Å². The molecule has 7 heteroatoms. The van der Waals surface area contributed by atoms with E-state index < -0.39 is 16.1 Å². The van der Waals surface area contributed by atoms with Crippen molar-refractivity contribution in [2.75, 3.05) is 0 Å². The molecule has 0 fully saturated rings. The maximum atomic E-state index is 12.0. The Kier molecular flexibility index (Phi) is 3.35. The van der Waals surface area contributed by atoms with E-state index in [0.29, 0.717) is 5.82 Å². The number of hydrogen-bond donors (Lipinski definition) is 3. The maximum absolute atomic E-state index is 12.0. The van der Waals surface area contributed by atoms with Crippen LogP contribution in [0.4, 0.5) is 0 Å². The second-order valence-corrected chi connectivity index (χ2v) is 5.53. The van der Waals surface area contributed by atoms with Crippen molar-refractivity contribution in [2.45, 2.75) is 17.9 Å². The molecule has 0 aliphatic heterocycles. The fraction of sp³-hybridized carbons (Fsp3) is 0.182. The van der Waals surface area contributed by atoms with Gasteiger partial charge in [0.05, 0.1) is 10.9 Å². The van der Waals surface area contributed by atoms with E-state index in [2.05, 4.69) is 14.7 Å². The van der Waals surface area contributed by atoms with Crippen molar-refractivity contribution in [2.24, 2.45) is 0 Å². The second kappa shape index (κ2) is 4.79. The molecule has 0 amide bonds. The Morgan fingerprint density at radius 3 is 2.56 bits per heavy atom. The van der Waals surface area contributed by atoms with Crippen molar-refractivity contribution < 1.29 is 13.5 Å². The molecule has 96 valence electrons. The molecule has 0 bridgehead atoms. The van der Waals surface area contributed by atoms with Gasteiger partial charge < -0.3 is 10.1 Å². The van der Waals surface area contributed by atoms with Gasteiger partial charge >= 0.3 is 0 Å². The van der Waals surface area contributed by atoms with E-state index in [-0.39, 0.29) is 10.6 Å². The summed E-state index contributed by atoms with van der Waals surface area (Å²) in [5, 5.41) is 9.12. The van der Waals surface area contributed by atoms with E-state index in [1.54, 1.807) is 19.3 Å². The van der Waals surface area contributed by atoms with Crippen LogP contribution in [0, 0.1) is 0 Å². The molecular weight excluding hydrogens is 254 g/mol. The summed E-state index contributed by atoms with van der Waals surface area (Å²) in [7, 11) is -3.62. The maximum Gasteiger partial charge on any atom is 0.241 e.